The third kappa shape index (κ3) is 1.83. The van der Waals surface area contributed by atoms with Crippen LogP contribution in [0.15, 0.2) is 53.7 Å². The lowest BCUT2D eigenvalue weighted by atomic mass is 10.1. The van der Waals surface area contributed by atoms with E-state index in [0.717, 1.165) is 23.4 Å². The molecule has 2 aromatic carbocycles. The van der Waals surface area contributed by atoms with Crippen molar-refractivity contribution in [3.8, 4) is 11.1 Å². The average Bonchev–Trinajstić information content (AvgIpc) is 3.23. The smallest absolute Gasteiger partial charge is 0.145 e. The first-order valence-corrected chi connectivity index (χ1v) is 6.44. The number of nitrogens with zero attached hydrogens (tertiary/aromatic N) is 1. The molecule has 0 amide bonds. The van der Waals surface area contributed by atoms with Gasteiger partial charge in [0, 0.05) is 11.1 Å². The topological polar surface area (TPSA) is 34.1 Å². The quantitative estimate of drug-likeness (QED) is 0.530. The van der Waals surface area contributed by atoms with Gasteiger partial charge < -0.3 is 9.57 Å². The summed E-state index contributed by atoms with van der Waals surface area (Å²) in [5.41, 5.74) is 5.65. The fourth-order valence-corrected chi connectivity index (χ4v) is 2.44. The largest absolute Gasteiger partial charge is 0.392 e. The SMILES string of the molecule is c1ccc2c(c1)C(=NOC[C@@H]1CO1)c1ccccc1-2. The van der Waals surface area contributed by atoms with Gasteiger partial charge in [0.1, 0.15) is 18.4 Å². The Morgan fingerprint density at radius 3 is 2.00 bits per heavy atom. The van der Waals surface area contributed by atoms with Gasteiger partial charge in [-0.1, -0.05) is 53.7 Å². The van der Waals surface area contributed by atoms with Crippen LogP contribution in [0, 0.1) is 0 Å². The van der Waals surface area contributed by atoms with Crippen molar-refractivity contribution < 1.29 is 9.57 Å². The number of hydrogen-bond donors (Lipinski definition) is 0. The standard InChI is InChI=1S/C16H13NO2/c1-3-7-14-12(5-1)13-6-2-4-8-15(13)16(14)17-19-10-11-9-18-11/h1-8,11H,9-10H2/t11-/m0/s1. The predicted molar refractivity (Wildman–Crippen MR) is 73.2 cm³/mol. The zero-order chi connectivity index (χ0) is 12.7. The van der Waals surface area contributed by atoms with Gasteiger partial charge in [-0.25, -0.2) is 0 Å². The Balaban J connectivity index is 1.76. The molecule has 3 heteroatoms. The minimum absolute atomic E-state index is 0.233. The highest BCUT2D eigenvalue weighted by Crippen LogP contribution is 2.36. The summed E-state index contributed by atoms with van der Waals surface area (Å²) in [6, 6.07) is 16.6. The molecule has 1 aliphatic heterocycles. The summed E-state index contributed by atoms with van der Waals surface area (Å²) in [6.45, 7) is 1.33. The zero-order valence-corrected chi connectivity index (χ0v) is 10.4. The molecule has 1 fully saturated rings. The number of fused-ring (bicyclic) bond motifs is 3. The molecule has 0 saturated carbocycles. The molecule has 0 N–H and O–H groups in total. The third-order valence-electron chi connectivity index (χ3n) is 3.47. The average molecular weight is 251 g/mol. The van der Waals surface area contributed by atoms with Crippen molar-refractivity contribution in [3.05, 3.63) is 59.7 Å². The van der Waals surface area contributed by atoms with E-state index in [0.29, 0.717) is 6.61 Å². The van der Waals surface area contributed by atoms with E-state index in [1.54, 1.807) is 0 Å². The van der Waals surface area contributed by atoms with E-state index in [2.05, 4.69) is 41.6 Å². The van der Waals surface area contributed by atoms with Gasteiger partial charge in [-0.15, -0.1) is 0 Å². The van der Waals surface area contributed by atoms with Crippen molar-refractivity contribution in [1.29, 1.82) is 0 Å². The maximum atomic E-state index is 5.42. The molecule has 1 saturated heterocycles. The van der Waals surface area contributed by atoms with E-state index < -0.39 is 0 Å². The zero-order valence-electron chi connectivity index (χ0n) is 10.4. The fraction of sp³-hybridized carbons (Fsp3) is 0.188. The Morgan fingerprint density at radius 2 is 1.47 bits per heavy atom. The van der Waals surface area contributed by atoms with Crippen molar-refractivity contribution in [3.63, 3.8) is 0 Å². The first-order valence-electron chi connectivity index (χ1n) is 6.44. The van der Waals surface area contributed by atoms with E-state index in [4.69, 9.17) is 9.57 Å². The van der Waals surface area contributed by atoms with Crippen molar-refractivity contribution in [2.24, 2.45) is 5.16 Å². The number of oxime groups is 1. The molecule has 1 aliphatic carbocycles. The Labute approximate surface area is 111 Å². The van der Waals surface area contributed by atoms with Crippen LogP contribution in [-0.2, 0) is 9.57 Å². The summed E-state index contributed by atoms with van der Waals surface area (Å²) in [4.78, 5) is 5.42. The van der Waals surface area contributed by atoms with Gasteiger partial charge in [0.25, 0.3) is 0 Å². The Kier molecular flexibility index (Phi) is 2.38. The molecule has 1 atom stereocenters. The molecule has 0 bridgehead atoms. The van der Waals surface area contributed by atoms with Crippen LogP contribution in [0.2, 0.25) is 0 Å². The maximum absolute atomic E-state index is 5.42. The van der Waals surface area contributed by atoms with Gasteiger partial charge in [0.15, 0.2) is 0 Å². The van der Waals surface area contributed by atoms with Gasteiger partial charge in [-0.05, 0) is 11.1 Å². The molecule has 3 nitrogen and oxygen atoms in total. The monoisotopic (exact) mass is 251 g/mol. The van der Waals surface area contributed by atoms with Gasteiger partial charge in [0.05, 0.1) is 6.61 Å². The van der Waals surface area contributed by atoms with Crippen LogP contribution in [0.1, 0.15) is 11.1 Å². The number of epoxide rings is 1. The van der Waals surface area contributed by atoms with Crippen LogP contribution in [0.5, 0.6) is 0 Å². The lowest BCUT2D eigenvalue weighted by molar-refractivity contribution is 0.125. The highest BCUT2D eigenvalue weighted by Gasteiger charge is 2.26. The van der Waals surface area contributed by atoms with Crippen LogP contribution in [0.25, 0.3) is 11.1 Å². The Morgan fingerprint density at radius 1 is 0.947 bits per heavy atom. The summed E-state index contributed by atoms with van der Waals surface area (Å²) >= 11 is 0. The summed E-state index contributed by atoms with van der Waals surface area (Å²) in [6.07, 6.45) is 0.233. The number of ether oxygens (including phenoxy) is 1. The summed E-state index contributed by atoms with van der Waals surface area (Å²) < 4.78 is 5.12. The van der Waals surface area contributed by atoms with Crippen LogP contribution < -0.4 is 0 Å². The van der Waals surface area contributed by atoms with Gasteiger partial charge in [0.2, 0.25) is 0 Å². The second-order valence-electron chi connectivity index (χ2n) is 4.78. The molecule has 2 aliphatic rings. The van der Waals surface area contributed by atoms with E-state index in [9.17, 15) is 0 Å². The molecule has 19 heavy (non-hydrogen) atoms. The highest BCUT2D eigenvalue weighted by molar-refractivity contribution is 6.24. The fourth-order valence-electron chi connectivity index (χ4n) is 2.44. The molecule has 1 heterocycles. The van der Waals surface area contributed by atoms with Gasteiger partial charge in [-0.2, -0.15) is 0 Å². The van der Waals surface area contributed by atoms with Gasteiger partial charge >= 0.3 is 0 Å². The summed E-state index contributed by atoms with van der Waals surface area (Å²) in [7, 11) is 0. The molecular formula is C16H13NO2. The van der Waals surface area contributed by atoms with E-state index in [1.807, 2.05) is 12.1 Å². The number of hydrogen-bond acceptors (Lipinski definition) is 3. The van der Waals surface area contributed by atoms with Crippen LogP contribution in [-0.4, -0.2) is 25.0 Å². The van der Waals surface area contributed by atoms with Crippen molar-refractivity contribution in [2.75, 3.05) is 13.2 Å². The lowest BCUT2D eigenvalue weighted by Gasteiger charge is -2.01. The summed E-state index contributed by atoms with van der Waals surface area (Å²) in [5, 5.41) is 4.32. The van der Waals surface area contributed by atoms with Crippen molar-refractivity contribution in [1.82, 2.24) is 0 Å². The Hall–Kier alpha value is -2.13. The number of rotatable bonds is 3. The minimum Gasteiger partial charge on any atom is -0.392 e. The van der Waals surface area contributed by atoms with E-state index >= 15 is 0 Å². The van der Waals surface area contributed by atoms with Gasteiger partial charge in [-0.3, -0.25) is 0 Å². The Bertz CT molecular complexity index is 612. The lowest BCUT2D eigenvalue weighted by Crippen LogP contribution is -2.03. The molecule has 0 radical (unpaired) electrons. The number of benzene rings is 2. The first kappa shape index (κ1) is 10.8. The normalized spacial score (nSPS) is 18.7. The van der Waals surface area contributed by atoms with E-state index in [1.165, 1.54) is 11.1 Å². The molecular weight excluding hydrogens is 238 g/mol. The maximum Gasteiger partial charge on any atom is 0.145 e. The minimum atomic E-state index is 0.233. The second kappa shape index (κ2) is 4.21. The van der Waals surface area contributed by atoms with Crippen LogP contribution in [0.4, 0.5) is 0 Å². The molecule has 4 rings (SSSR count). The third-order valence-corrected chi connectivity index (χ3v) is 3.47. The second-order valence-corrected chi connectivity index (χ2v) is 4.78. The highest BCUT2D eigenvalue weighted by atomic mass is 16.7. The van der Waals surface area contributed by atoms with Crippen molar-refractivity contribution in [2.45, 2.75) is 6.10 Å². The van der Waals surface area contributed by atoms with Crippen molar-refractivity contribution >= 4 is 5.71 Å². The molecule has 0 spiro atoms. The van der Waals surface area contributed by atoms with E-state index in [-0.39, 0.29) is 6.10 Å². The summed E-state index contributed by atoms with van der Waals surface area (Å²) in [5.74, 6) is 0. The molecule has 94 valence electrons. The predicted octanol–water partition coefficient (Wildman–Crippen LogP) is 2.83. The molecule has 0 unspecified atom stereocenters. The van der Waals surface area contributed by atoms with Crippen LogP contribution in [0.3, 0.4) is 0 Å². The molecule has 2 aromatic rings. The van der Waals surface area contributed by atoms with Crippen LogP contribution >= 0.6 is 0 Å². The first-order chi connectivity index (χ1) is 9.43. The molecule has 0 aromatic heterocycles.